The van der Waals surface area contributed by atoms with Crippen molar-refractivity contribution in [3.05, 3.63) is 35.7 Å². The fraction of sp³-hybridized carbons (Fsp3) is 0.375. The summed E-state index contributed by atoms with van der Waals surface area (Å²) < 4.78 is 6.47. The number of hydrogen-bond acceptors (Lipinski definition) is 5. The van der Waals surface area contributed by atoms with E-state index in [-0.39, 0.29) is 11.9 Å². The molecule has 7 nitrogen and oxygen atoms in total. The van der Waals surface area contributed by atoms with Crippen molar-refractivity contribution in [1.29, 1.82) is 0 Å². The molecule has 0 saturated heterocycles. The molecule has 0 aliphatic carbocycles. The number of nitrogens with zero attached hydrogens (tertiary/aromatic N) is 2. The minimum absolute atomic E-state index is 0.298. The molecule has 2 aromatic heterocycles. The van der Waals surface area contributed by atoms with Gasteiger partial charge in [-0.2, -0.15) is 5.10 Å². The third-order valence-electron chi connectivity index (χ3n) is 3.69. The fourth-order valence-electron chi connectivity index (χ4n) is 2.13. The van der Waals surface area contributed by atoms with E-state index >= 15 is 0 Å². The average Bonchev–Trinajstić information content (AvgIpc) is 2.97. The molecule has 0 unspecified atom stereocenters. The molecule has 0 spiro atoms. The van der Waals surface area contributed by atoms with Crippen LogP contribution < -0.4 is 5.32 Å². The number of carbonyl (C=O) groups excluding carboxylic acids is 3. The highest BCUT2D eigenvalue weighted by Gasteiger charge is 2.24. The van der Waals surface area contributed by atoms with Gasteiger partial charge in [0, 0.05) is 17.8 Å². The molecule has 2 heterocycles. The Morgan fingerprint density at radius 1 is 1.43 bits per heavy atom. The average molecular weight is 317 g/mol. The number of amides is 1. The van der Waals surface area contributed by atoms with Gasteiger partial charge in [-0.1, -0.05) is 0 Å². The second-order valence-electron chi connectivity index (χ2n) is 5.27. The number of ether oxygens (including phenoxy) is 1. The molecule has 2 atom stereocenters. The molecule has 0 aliphatic heterocycles. The van der Waals surface area contributed by atoms with E-state index in [1.165, 1.54) is 10.7 Å². The SMILES string of the molecule is CCOC(=O)[C@H](C)[C@@H](C)NC(=O)c1cnn2ccc(C=O)cc12. The van der Waals surface area contributed by atoms with Gasteiger partial charge in [0.1, 0.15) is 6.29 Å². The maximum Gasteiger partial charge on any atom is 0.310 e. The Morgan fingerprint density at radius 3 is 2.83 bits per heavy atom. The van der Waals surface area contributed by atoms with Gasteiger partial charge in [-0.05, 0) is 32.9 Å². The van der Waals surface area contributed by atoms with E-state index in [4.69, 9.17) is 4.74 Å². The Hall–Kier alpha value is -2.70. The number of aromatic nitrogens is 2. The summed E-state index contributed by atoms with van der Waals surface area (Å²) in [4.78, 5) is 35.0. The first-order valence-corrected chi connectivity index (χ1v) is 7.38. The molecule has 2 aromatic rings. The van der Waals surface area contributed by atoms with Crippen LogP contribution in [0.25, 0.3) is 5.52 Å². The zero-order valence-electron chi connectivity index (χ0n) is 13.3. The Balaban J connectivity index is 2.17. The number of esters is 1. The Morgan fingerprint density at radius 2 is 2.17 bits per heavy atom. The number of hydrogen-bond donors (Lipinski definition) is 1. The van der Waals surface area contributed by atoms with E-state index in [1.807, 2.05) is 0 Å². The third kappa shape index (κ3) is 3.56. The summed E-state index contributed by atoms with van der Waals surface area (Å²) >= 11 is 0. The summed E-state index contributed by atoms with van der Waals surface area (Å²) in [6.07, 6.45) is 3.75. The number of aldehydes is 1. The number of rotatable bonds is 6. The third-order valence-corrected chi connectivity index (χ3v) is 3.69. The molecular weight excluding hydrogens is 298 g/mol. The van der Waals surface area contributed by atoms with Gasteiger partial charge in [0.25, 0.3) is 5.91 Å². The molecule has 2 rings (SSSR count). The second-order valence-corrected chi connectivity index (χ2v) is 5.27. The minimum Gasteiger partial charge on any atom is -0.466 e. The standard InChI is InChI=1S/C16H19N3O4/c1-4-23-16(22)10(2)11(3)18-15(21)13-8-17-19-6-5-12(9-20)7-14(13)19/h5-11H,4H2,1-3H3,(H,18,21)/t10-,11-/m1/s1. The van der Waals surface area contributed by atoms with E-state index < -0.39 is 12.0 Å². The van der Waals surface area contributed by atoms with Crippen molar-refractivity contribution in [3.63, 3.8) is 0 Å². The van der Waals surface area contributed by atoms with Crippen LogP contribution in [0.5, 0.6) is 0 Å². The zero-order chi connectivity index (χ0) is 17.0. The number of carbonyl (C=O) groups is 3. The lowest BCUT2D eigenvalue weighted by molar-refractivity contribution is -0.148. The van der Waals surface area contributed by atoms with Gasteiger partial charge in [-0.3, -0.25) is 14.4 Å². The summed E-state index contributed by atoms with van der Waals surface area (Å²) in [5.74, 6) is -1.18. The van der Waals surface area contributed by atoms with Crippen LogP contribution in [0.2, 0.25) is 0 Å². The molecule has 0 radical (unpaired) electrons. The maximum absolute atomic E-state index is 12.4. The van der Waals surface area contributed by atoms with Crippen LogP contribution in [0.4, 0.5) is 0 Å². The van der Waals surface area contributed by atoms with Crippen molar-refractivity contribution in [1.82, 2.24) is 14.9 Å². The second kappa shape index (κ2) is 7.04. The maximum atomic E-state index is 12.4. The van der Waals surface area contributed by atoms with Gasteiger partial charge in [0.2, 0.25) is 0 Å². The smallest absolute Gasteiger partial charge is 0.310 e. The molecule has 122 valence electrons. The van der Waals surface area contributed by atoms with Crippen LogP contribution in [-0.2, 0) is 9.53 Å². The molecule has 0 fully saturated rings. The van der Waals surface area contributed by atoms with E-state index in [2.05, 4.69) is 10.4 Å². The van der Waals surface area contributed by atoms with Crippen LogP contribution in [0, 0.1) is 5.92 Å². The van der Waals surface area contributed by atoms with Crippen molar-refractivity contribution < 1.29 is 19.1 Å². The van der Waals surface area contributed by atoms with Crippen molar-refractivity contribution in [2.45, 2.75) is 26.8 Å². The summed E-state index contributed by atoms with van der Waals surface area (Å²) in [7, 11) is 0. The predicted octanol–water partition coefficient (Wildman–Crippen LogP) is 1.46. The number of nitrogens with one attached hydrogen (secondary N) is 1. The first kappa shape index (κ1) is 16.7. The highest BCUT2D eigenvalue weighted by molar-refractivity contribution is 6.01. The Labute approximate surface area is 133 Å². The van der Waals surface area contributed by atoms with E-state index in [1.54, 1.807) is 39.1 Å². The monoisotopic (exact) mass is 317 g/mol. The van der Waals surface area contributed by atoms with E-state index in [9.17, 15) is 14.4 Å². The summed E-state index contributed by atoms with van der Waals surface area (Å²) in [5.41, 5.74) is 1.33. The number of fused-ring (bicyclic) bond motifs is 1. The van der Waals surface area contributed by atoms with Gasteiger partial charge >= 0.3 is 5.97 Å². The topological polar surface area (TPSA) is 89.8 Å². The lowest BCUT2D eigenvalue weighted by Gasteiger charge is -2.19. The minimum atomic E-state index is -0.466. The summed E-state index contributed by atoms with van der Waals surface area (Å²) in [5, 5.41) is 6.85. The van der Waals surface area contributed by atoms with E-state index in [0.717, 1.165) is 0 Å². The van der Waals surface area contributed by atoms with Crippen molar-refractivity contribution in [2.75, 3.05) is 6.61 Å². The van der Waals surface area contributed by atoms with Crippen molar-refractivity contribution in [3.8, 4) is 0 Å². The summed E-state index contributed by atoms with van der Waals surface area (Å²) in [6, 6.07) is 2.81. The van der Waals surface area contributed by atoms with Gasteiger partial charge < -0.3 is 10.1 Å². The van der Waals surface area contributed by atoms with Gasteiger partial charge in [-0.25, -0.2) is 4.52 Å². The van der Waals surface area contributed by atoms with Crippen molar-refractivity contribution >= 4 is 23.7 Å². The first-order chi connectivity index (χ1) is 11.0. The largest absolute Gasteiger partial charge is 0.466 e. The molecular formula is C16H19N3O4. The lowest BCUT2D eigenvalue weighted by Crippen LogP contribution is -2.40. The van der Waals surface area contributed by atoms with Crippen LogP contribution in [0.1, 0.15) is 41.5 Å². The molecule has 1 N–H and O–H groups in total. The predicted molar refractivity (Wildman–Crippen MR) is 83.3 cm³/mol. The Kier molecular flexibility index (Phi) is 5.10. The molecule has 0 saturated carbocycles. The van der Waals surface area contributed by atoms with Gasteiger partial charge in [0.05, 0.1) is 29.8 Å². The van der Waals surface area contributed by atoms with Gasteiger partial charge in [-0.15, -0.1) is 0 Å². The molecule has 0 bridgehead atoms. The number of pyridine rings is 1. The van der Waals surface area contributed by atoms with Crippen LogP contribution in [0.15, 0.2) is 24.5 Å². The quantitative estimate of drug-likeness (QED) is 0.643. The highest BCUT2D eigenvalue weighted by Crippen LogP contribution is 2.13. The molecule has 0 aliphatic rings. The van der Waals surface area contributed by atoms with E-state index in [0.29, 0.717) is 29.5 Å². The fourth-order valence-corrected chi connectivity index (χ4v) is 2.13. The lowest BCUT2D eigenvalue weighted by atomic mass is 10.0. The normalized spacial score (nSPS) is 13.3. The highest BCUT2D eigenvalue weighted by atomic mass is 16.5. The van der Waals surface area contributed by atoms with Crippen LogP contribution >= 0.6 is 0 Å². The Bertz CT molecular complexity index is 738. The van der Waals surface area contributed by atoms with Crippen LogP contribution in [-0.4, -0.2) is 40.4 Å². The molecule has 1 amide bonds. The van der Waals surface area contributed by atoms with Crippen LogP contribution in [0.3, 0.4) is 0 Å². The van der Waals surface area contributed by atoms with Crippen molar-refractivity contribution in [2.24, 2.45) is 5.92 Å². The first-order valence-electron chi connectivity index (χ1n) is 7.38. The zero-order valence-corrected chi connectivity index (χ0v) is 13.3. The molecule has 0 aromatic carbocycles. The summed E-state index contributed by atoms with van der Waals surface area (Å²) in [6.45, 7) is 5.47. The molecule has 7 heteroatoms. The molecule has 23 heavy (non-hydrogen) atoms. The van der Waals surface area contributed by atoms with Gasteiger partial charge in [0.15, 0.2) is 0 Å².